The van der Waals surface area contributed by atoms with Crippen LogP contribution in [0.3, 0.4) is 0 Å². The molecule has 1 aromatic heterocycles. The SMILES string of the molecule is Cc1ccc(S(=O)(=O)NC2CCCc3ccc(N(Cc4nccn4C)C(=O)C4CC4c4ccc(F)cc4)cc32)cc1. The van der Waals surface area contributed by atoms with Gasteiger partial charge in [-0.05, 0) is 91.6 Å². The summed E-state index contributed by atoms with van der Waals surface area (Å²) in [4.78, 5) is 20.4. The van der Waals surface area contributed by atoms with Gasteiger partial charge in [0, 0.05) is 37.1 Å². The van der Waals surface area contributed by atoms with Crippen molar-refractivity contribution < 1.29 is 17.6 Å². The topological polar surface area (TPSA) is 84.3 Å². The molecule has 1 fully saturated rings. The quantitative estimate of drug-likeness (QED) is 0.300. The van der Waals surface area contributed by atoms with E-state index in [4.69, 9.17) is 0 Å². The van der Waals surface area contributed by atoms with E-state index in [1.807, 2.05) is 42.9 Å². The van der Waals surface area contributed by atoms with E-state index >= 15 is 0 Å². The Morgan fingerprint density at radius 1 is 1.10 bits per heavy atom. The van der Waals surface area contributed by atoms with Gasteiger partial charge >= 0.3 is 0 Å². The third-order valence-electron chi connectivity index (χ3n) is 8.28. The molecule has 3 unspecified atom stereocenters. The molecule has 1 N–H and O–H groups in total. The number of nitrogens with one attached hydrogen (secondary N) is 1. The molecule has 41 heavy (non-hydrogen) atoms. The number of sulfonamides is 1. The lowest BCUT2D eigenvalue weighted by molar-refractivity contribution is -0.120. The van der Waals surface area contributed by atoms with Crippen LogP contribution in [-0.2, 0) is 34.8 Å². The van der Waals surface area contributed by atoms with E-state index in [9.17, 15) is 17.6 Å². The van der Waals surface area contributed by atoms with E-state index in [-0.39, 0.29) is 35.0 Å². The molecule has 1 amide bonds. The van der Waals surface area contributed by atoms with Crippen molar-refractivity contribution in [3.8, 4) is 0 Å². The number of carbonyl (C=O) groups is 1. The van der Waals surface area contributed by atoms with Gasteiger partial charge in [-0.3, -0.25) is 4.79 Å². The number of imidazole rings is 1. The van der Waals surface area contributed by atoms with Crippen LogP contribution in [0.5, 0.6) is 0 Å². The van der Waals surface area contributed by atoms with Gasteiger partial charge in [0.25, 0.3) is 0 Å². The second-order valence-electron chi connectivity index (χ2n) is 11.1. The van der Waals surface area contributed by atoms with Crippen LogP contribution in [0, 0.1) is 18.7 Å². The van der Waals surface area contributed by atoms with Crippen LogP contribution in [0.2, 0.25) is 0 Å². The highest BCUT2D eigenvalue weighted by atomic mass is 32.2. The van der Waals surface area contributed by atoms with Crippen molar-refractivity contribution >= 4 is 21.6 Å². The molecule has 2 aliphatic carbocycles. The zero-order valence-electron chi connectivity index (χ0n) is 23.1. The van der Waals surface area contributed by atoms with Gasteiger partial charge < -0.3 is 9.47 Å². The molecule has 0 saturated heterocycles. The fourth-order valence-electron chi connectivity index (χ4n) is 5.78. The van der Waals surface area contributed by atoms with Gasteiger partial charge in [0.2, 0.25) is 15.9 Å². The van der Waals surface area contributed by atoms with Gasteiger partial charge in [-0.2, -0.15) is 0 Å². The molecular weight excluding hydrogens is 539 g/mol. The van der Waals surface area contributed by atoms with Gasteiger partial charge in [0.1, 0.15) is 11.6 Å². The number of aromatic nitrogens is 2. The number of anilines is 1. The van der Waals surface area contributed by atoms with E-state index in [2.05, 4.69) is 9.71 Å². The average molecular weight is 573 g/mol. The van der Waals surface area contributed by atoms with Crippen LogP contribution in [0.1, 0.15) is 59.3 Å². The maximum absolute atomic E-state index is 14.0. The molecule has 7 nitrogen and oxygen atoms in total. The van der Waals surface area contributed by atoms with Gasteiger partial charge in [0.05, 0.1) is 11.4 Å². The molecule has 1 heterocycles. The molecule has 3 atom stereocenters. The van der Waals surface area contributed by atoms with E-state index < -0.39 is 16.1 Å². The smallest absolute Gasteiger partial charge is 0.241 e. The molecule has 212 valence electrons. The lowest BCUT2D eigenvalue weighted by atomic mass is 9.87. The minimum Gasteiger partial charge on any atom is -0.337 e. The summed E-state index contributed by atoms with van der Waals surface area (Å²) in [6.07, 6.45) is 6.64. The fourth-order valence-corrected chi connectivity index (χ4v) is 7.03. The van der Waals surface area contributed by atoms with Crippen LogP contribution in [0.25, 0.3) is 0 Å². The van der Waals surface area contributed by atoms with Crippen LogP contribution < -0.4 is 9.62 Å². The number of amides is 1. The number of hydrogen-bond acceptors (Lipinski definition) is 4. The maximum Gasteiger partial charge on any atom is 0.241 e. The van der Waals surface area contributed by atoms with Crippen molar-refractivity contribution in [2.45, 2.75) is 56.0 Å². The Bertz CT molecular complexity index is 1680. The first-order valence-corrected chi connectivity index (χ1v) is 15.4. The minimum atomic E-state index is -3.73. The molecule has 4 aromatic rings. The average Bonchev–Trinajstić information content (AvgIpc) is 3.66. The lowest BCUT2D eigenvalue weighted by Gasteiger charge is -2.29. The second-order valence-corrected chi connectivity index (χ2v) is 12.9. The maximum atomic E-state index is 14.0. The summed E-state index contributed by atoms with van der Waals surface area (Å²) in [5, 5.41) is 0. The van der Waals surface area contributed by atoms with Crippen molar-refractivity contribution in [2.75, 3.05) is 4.90 Å². The summed E-state index contributed by atoms with van der Waals surface area (Å²) < 4.78 is 44.9. The zero-order chi connectivity index (χ0) is 28.7. The second kappa shape index (κ2) is 10.9. The number of aryl methyl sites for hydroxylation is 3. The molecule has 3 aromatic carbocycles. The summed E-state index contributed by atoms with van der Waals surface area (Å²) in [5.41, 5.74) is 4.64. The van der Waals surface area contributed by atoms with Gasteiger partial charge in [-0.15, -0.1) is 0 Å². The third-order valence-corrected chi connectivity index (χ3v) is 9.76. The summed E-state index contributed by atoms with van der Waals surface area (Å²) in [7, 11) is -1.84. The number of benzene rings is 3. The fraction of sp³-hybridized carbons (Fsp3) is 0.312. The number of fused-ring (bicyclic) bond motifs is 1. The predicted molar refractivity (Wildman–Crippen MR) is 155 cm³/mol. The van der Waals surface area contributed by atoms with Crippen molar-refractivity contribution in [3.05, 3.63) is 113 Å². The van der Waals surface area contributed by atoms with Gasteiger partial charge in [0.15, 0.2) is 0 Å². The van der Waals surface area contributed by atoms with Gasteiger partial charge in [-0.25, -0.2) is 22.5 Å². The highest BCUT2D eigenvalue weighted by Gasteiger charge is 2.46. The Morgan fingerprint density at radius 3 is 2.56 bits per heavy atom. The molecule has 0 radical (unpaired) electrons. The summed E-state index contributed by atoms with van der Waals surface area (Å²) in [6.45, 7) is 2.21. The van der Waals surface area contributed by atoms with Crippen LogP contribution >= 0.6 is 0 Å². The number of rotatable bonds is 8. The zero-order valence-corrected chi connectivity index (χ0v) is 23.9. The Labute approximate surface area is 240 Å². The lowest BCUT2D eigenvalue weighted by Crippen LogP contribution is -2.34. The predicted octanol–water partition coefficient (Wildman–Crippen LogP) is 5.56. The molecule has 6 rings (SSSR count). The molecule has 0 spiro atoms. The Hall–Kier alpha value is -3.82. The standard InChI is InChI=1S/C32H33FN4O3S/c1-21-6-14-26(15-7-21)41(39,40)35-30-5-3-4-22-10-13-25(18-28(22)30)37(20-31-34-16-17-36(31)2)32(38)29-19-27(29)23-8-11-24(33)12-9-23/h6-18,27,29-30,35H,3-5,19-20H2,1-2H3. The highest BCUT2D eigenvalue weighted by molar-refractivity contribution is 7.89. The molecule has 2 aliphatic rings. The van der Waals surface area contributed by atoms with E-state index in [0.717, 1.165) is 40.9 Å². The molecule has 9 heteroatoms. The van der Waals surface area contributed by atoms with E-state index in [1.165, 1.54) is 12.1 Å². The first kappa shape index (κ1) is 27.4. The first-order chi connectivity index (χ1) is 19.7. The van der Waals surface area contributed by atoms with Crippen LogP contribution in [-0.4, -0.2) is 23.9 Å². The van der Waals surface area contributed by atoms with E-state index in [0.29, 0.717) is 18.5 Å². The summed E-state index contributed by atoms with van der Waals surface area (Å²) >= 11 is 0. The van der Waals surface area contributed by atoms with E-state index in [1.54, 1.807) is 47.5 Å². The Balaban J connectivity index is 1.31. The van der Waals surface area contributed by atoms with Crippen molar-refractivity contribution in [1.29, 1.82) is 0 Å². The molecule has 0 bridgehead atoms. The highest BCUT2D eigenvalue weighted by Crippen LogP contribution is 2.49. The number of nitrogens with zero attached hydrogens (tertiary/aromatic N) is 3. The van der Waals surface area contributed by atoms with Gasteiger partial charge in [-0.1, -0.05) is 35.9 Å². The van der Waals surface area contributed by atoms with Crippen molar-refractivity contribution in [1.82, 2.24) is 14.3 Å². The molecule has 1 saturated carbocycles. The van der Waals surface area contributed by atoms with Crippen LogP contribution in [0.15, 0.2) is 84.0 Å². The normalized spacial score (nSPS) is 19.9. The first-order valence-electron chi connectivity index (χ1n) is 13.9. The summed E-state index contributed by atoms with van der Waals surface area (Å²) in [6, 6.07) is 18.7. The molecule has 0 aliphatic heterocycles. The third kappa shape index (κ3) is 5.69. The monoisotopic (exact) mass is 572 g/mol. The largest absolute Gasteiger partial charge is 0.337 e. The Morgan fingerprint density at radius 2 is 1.85 bits per heavy atom. The Kier molecular flexibility index (Phi) is 7.25. The minimum absolute atomic E-state index is 0.0186. The van der Waals surface area contributed by atoms with Crippen LogP contribution in [0.4, 0.5) is 10.1 Å². The number of halogens is 1. The van der Waals surface area contributed by atoms with Crippen molar-refractivity contribution in [3.63, 3.8) is 0 Å². The number of carbonyl (C=O) groups excluding carboxylic acids is 1. The molecular formula is C32H33FN4O3S. The number of hydrogen-bond donors (Lipinski definition) is 1. The summed E-state index contributed by atoms with van der Waals surface area (Å²) in [5.74, 6) is 0.253. The van der Waals surface area contributed by atoms with Crippen molar-refractivity contribution in [2.24, 2.45) is 13.0 Å².